The Kier molecular flexibility index (Phi) is 5.77. The molecule has 3 aromatic rings. The molecule has 0 saturated carbocycles. The molecule has 0 aliphatic heterocycles. The third-order valence-electron chi connectivity index (χ3n) is 3.42. The quantitative estimate of drug-likeness (QED) is 0.651. The molecule has 2 aromatic carbocycles. The highest BCUT2D eigenvalue weighted by Gasteiger charge is 2.14. The van der Waals surface area contributed by atoms with Crippen molar-refractivity contribution < 1.29 is 23.2 Å². The summed E-state index contributed by atoms with van der Waals surface area (Å²) in [5.41, 5.74) is 0.687. The van der Waals surface area contributed by atoms with E-state index in [1.165, 1.54) is 18.2 Å². The molecule has 1 aromatic heterocycles. The fraction of sp³-hybridized carbons (Fsp3) is 0.111. The second-order valence-electron chi connectivity index (χ2n) is 5.35. The maximum absolute atomic E-state index is 13.1. The van der Waals surface area contributed by atoms with Crippen LogP contribution >= 0.6 is 11.6 Å². The number of carbonyl (C=O) groups excluding carboxylic acids is 2. The summed E-state index contributed by atoms with van der Waals surface area (Å²) in [6.07, 6.45) is 0. The molecule has 9 heteroatoms. The number of halogens is 2. The number of benzene rings is 2. The van der Waals surface area contributed by atoms with Gasteiger partial charge in [-0.25, -0.2) is 4.39 Å². The van der Waals surface area contributed by atoms with Crippen molar-refractivity contribution in [3.63, 3.8) is 0 Å². The van der Waals surface area contributed by atoms with E-state index in [1.54, 1.807) is 24.3 Å². The van der Waals surface area contributed by atoms with E-state index in [1.807, 2.05) is 0 Å². The predicted molar refractivity (Wildman–Crippen MR) is 93.3 cm³/mol. The first-order valence-electron chi connectivity index (χ1n) is 7.80. The van der Waals surface area contributed by atoms with Gasteiger partial charge in [0.25, 0.3) is 11.8 Å². The van der Waals surface area contributed by atoms with E-state index in [9.17, 15) is 14.0 Å². The molecule has 1 N–H and O–H groups in total. The molecule has 0 saturated heterocycles. The van der Waals surface area contributed by atoms with Gasteiger partial charge in [0, 0.05) is 11.1 Å². The molecule has 0 unspecified atom stereocenters. The van der Waals surface area contributed by atoms with E-state index in [-0.39, 0.29) is 30.4 Å². The molecule has 3 rings (SSSR count). The lowest BCUT2D eigenvalue weighted by Gasteiger charge is -2.05. The first-order chi connectivity index (χ1) is 13.0. The monoisotopic (exact) mass is 389 g/mol. The van der Waals surface area contributed by atoms with Crippen LogP contribution in [0.1, 0.15) is 16.2 Å². The van der Waals surface area contributed by atoms with Gasteiger partial charge in [0.05, 0.1) is 5.02 Å². The summed E-state index contributed by atoms with van der Waals surface area (Å²) in [4.78, 5) is 27.7. The van der Waals surface area contributed by atoms with Gasteiger partial charge in [0.15, 0.2) is 6.61 Å². The van der Waals surface area contributed by atoms with Crippen molar-refractivity contribution in [2.75, 3.05) is 6.54 Å². The molecular formula is C18H13ClFN3O4. The molecule has 0 spiro atoms. The molecule has 0 aliphatic carbocycles. The van der Waals surface area contributed by atoms with Crippen LogP contribution in [0.3, 0.4) is 0 Å². The van der Waals surface area contributed by atoms with Crippen LogP contribution in [0.25, 0.3) is 11.4 Å². The summed E-state index contributed by atoms with van der Waals surface area (Å²) in [6.45, 7) is -0.646. The van der Waals surface area contributed by atoms with Gasteiger partial charge < -0.3 is 14.6 Å². The average molecular weight is 390 g/mol. The summed E-state index contributed by atoms with van der Waals surface area (Å²) in [5, 5.41) is 6.58. The maximum Gasteiger partial charge on any atom is 0.325 e. The van der Waals surface area contributed by atoms with Gasteiger partial charge in [-0.1, -0.05) is 35.0 Å². The van der Waals surface area contributed by atoms with Crippen LogP contribution in [-0.2, 0) is 16.1 Å². The average Bonchev–Trinajstić information content (AvgIpc) is 3.13. The Hall–Kier alpha value is -3.26. The third kappa shape index (κ3) is 4.89. The van der Waals surface area contributed by atoms with Crippen molar-refractivity contribution in [3.05, 3.63) is 70.8 Å². The number of ether oxygens (including phenoxy) is 1. The fourth-order valence-corrected chi connectivity index (χ4v) is 2.36. The highest BCUT2D eigenvalue weighted by molar-refractivity contribution is 6.33. The summed E-state index contributed by atoms with van der Waals surface area (Å²) in [6, 6.07) is 12.1. The number of hydrogen-bond acceptors (Lipinski definition) is 6. The molecule has 0 atom stereocenters. The molecule has 1 amide bonds. The number of nitrogens with zero attached hydrogens (tertiary/aromatic N) is 2. The van der Waals surface area contributed by atoms with Crippen LogP contribution in [0.5, 0.6) is 0 Å². The van der Waals surface area contributed by atoms with Gasteiger partial charge in [-0.05, 0) is 30.3 Å². The van der Waals surface area contributed by atoms with E-state index in [0.717, 1.165) is 6.07 Å². The highest BCUT2D eigenvalue weighted by Crippen LogP contribution is 2.24. The van der Waals surface area contributed by atoms with E-state index in [2.05, 4.69) is 15.5 Å². The number of amides is 1. The predicted octanol–water partition coefficient (Wildman–Crippen LogP) is 3.00. The van der Waals surface area contributed by atoms with E-state index in [0.29, 0.717) is 10.6 Å². The van der Waals surface area contributed by atoms with Gasteiger partial charge in [0.1, 0.15) is 12.4 Å². The first-order valence-corrected chi connectivity index (χ1v) is 8.17. The number of carbonyl (C=O) groups is 2. The standard InChI is InChI=1S/C18H13ClFN3O4/c19-14-7-2-1-6-13(14)17-22-15(27-23-17)10-26-16(24)9-21-18(25)11-4-3-5-12(20)8-11/h1-8H,9-10H2,(H,21,25). The van der Waals surface area contributed by atoms with Crippen LogP contribution in [0.2, 0.25) is 5.02 Å². The van der Waals surface area contributed by atoms with E-state index in [4.69, 9.17) is 20.9 Å². The molecule has 0 aliphatic rings. The number of hydrogen-bond donors (Lipinski definition) is 1. The van der Waals surface area contributed by atoms with Crippen molar-refractivity contribution in [1.82, 2.24) is 15.5 Å². The summed E-state index contributed by atoms with van der Waals surface area (Å²) < 4.78 is 23.0. The molecule has 0 fully saturated rings. The smallest absolute Gasteiger partial charge is 0.325 e. The lowest BCUT2D eigenvalue weighted by molar-refractivity contribution is -0.144. The first kappa shape index (κ1) is 18.5. The number of esters is 1. The van der Waals surface area contributed by atoms with E-state index >= 15 is 0 Å². The largest absolute Gasteiger partial charge is 0.454 e. The summed E-state index contributed by atoms with van der Waals surface area (Å²) in [5.74, 6) is -1.50. The second-order valence-corrected chi connectivity index (χ2v) is 5.75. The normalized spacial score (nSPS) is 10.4. The lowest BCUT2D eigenvalue weighted by atomic mass is 10.2. The van der Waals surface area contributed by atoms with E-state index < -0.39 is 17.7 Å². The fourth-order valence-electron chi connectivity index (χ4n) is 2.14. The minimum absolute atomic E-state index is 0.0785. The SMILES string of the molecule is O=C(CNC(=O)c1cccc(F)c1)OCc1nc(-c2ccccc2Cl)no1. The molecule has 7 nitrogen and oxygen atoms in total. The Labute approximate surface area is 158 Å². The molecule has 138 valence electrons. The van der Waals surface area contributed by atoms with Crippen molar-refractivity contribution >= 4 is 23.5 Å². The molecular weight excluding hydrogens is 377 g/mol. The van der Waals surface area contributed by atoms with Gasteiger partial charge in [-0.2, -0.15) is 4.98 Å². The van der Waals surface area contributed by atoms with Gasteiger partial charge in [-0.3, -0.25) is 9.59 Å². The van der Waals surface area contributed by atoms with Crippen LogP contribution in [-0.4, -0.2) is 28.6 Å². The van der Waals surface area contributed by atoms with Crippen molar-refractivity contribution in [2.24, 2.45) is 0 Å². The van der Waals surface area contributed by atoms with Crippen LogP contribution in [0.15, 0.2) is 53.1 Å². The number of nitrogens with one attached hydrogen (secondary N) is 1. The van der Waals surface area contributed by atoms with Gasteiger partial charge in [-0.15, -0.1) is 0 Å². The Morgan fingerprint density at radius 1 is 1.19 bits per heavy atom. The topological polar surface area (TPSA) is 94.3 Å². The Morgan fingerprint density at radius 3 is 2.78 bits per heavy atom. The summed E-state index contributed by atoms with van der Waals surface area (Å²) >= 11 is 6.06. The lowest BCUT2D eigenvalue weighted by Crippen LogP contribution is -2.30. The van der Waals surface area contributed by atoms with Crippen molar-refractivity contribution in [2.45, 2.75) is 6.61 Å². The number of rotatable bonds is 6. The van der Waals surface area contributed by atoms with Crippen molar-refractivity contribution in [1.29, 1.82) is 0 Å². The molecule has 27 heavy (non-hydrogen) atoms. The highest BCUT2D eigenvalue weighted by atomic mass is 35.5. The zero-order valence-corrected chi connectivity index (χ0v) is 14.6. The summed E-state index contributed by atoms with van der Waals surface area (Å²) in [7, 11) is 0. The maximum atomic E-state index is 13.1. The molecule has 0 radical (unpaired) electrons. The molecule has 0 bridgehead atoms. The van der Waals surface area contributed by atoms with Gasteiger partial charge >= 0.3 is 5.97 Å². The number of aromatic nitrogens is 2. The molecule has 1 heterocycles. The Bertz CT molecular complexity index is 977. The second kappa shape index (κ2) is 8.41. The van der Waals surface area contributed by atoms with Crippen LogP contribution < -0.4 is 5.32 Å². The third-order valence-corrected chi connectivity index (χ3v) is 3.75. The minimum atomic E-state index is -0.711. The zero-order valence-electron chi connectivity index (χ0n) is 13.8. The Morgan fingerprint density at radius 2 is 2.00 bits per heavy atom. The van der Waals surface area contributed by atoms with Crippen molar-refractivity contribution in [3.8, 4) is 11.4 Å². The van der Waals surface area contributed by atoms with Gasteiger partial charge in [0.2, 0.25) is 5.82 Å². The Balaban J connectivity index is 1.50. The van der Waals surface area contributed by atoms with Crippen LogP contribution in [0, 0.1) is 5.82 Å². The minimum Gasteiger partial charge on any atom is -0.454 e. The van der Waals surface area contributed by atoms with Crippen LogP contribution in [0.4, 0.5) is 4.39 Å². The zero-order chi connectivity index (χ0) is 19.2.